The molecule has 0 heterocycles. The minimum Gasteiger partial charge on any atom is -0.429 e. The Morgan fingerprint density at radius 1 is 0.667 bits per heavy atom. The van der Waals surface area contributed by atoms with Gasteiger partial charge >= 0.3 is 6.11 Å². The molecule has 4 aromatic carbocycles. The summed E-state index contributed by atoms with van der Waals surface area (Å²) < 4.78 is 119. The predicted molar refractivity (Wildman–Crippen MR) is 157 cm³/mol. The zero-order valence-electron chi connectivity index (χ0n) is 24.0. The fourth-order valence-electron chi connectivity index (χ4n) is 4.58. The lowest BCUT2D eigenvalue weighted by Crippen LogP contribution is -2.23. The van der Waals surface area contributed by atoms with Crippen LogP contribution in [0.4, 0.5) is 35.1 Å². The number of alkyl halides is 2. The lowest BCUT2D eigenvalue weighted by Gasteiger charge is -2.19. The second kappa shape index (κ2) is 15.2. The van der Waals surface area contributed by atoms with E-state index in [2.05, 4.69) is 10.1 Å². The van der Waals surface area contributed by atoms with Crippen molar-refractivity contribution in [1.82, 2.24) is 5.32 Å². The van der Waals surface area contributed by atoms with Gasteiger partial charge in [0.1, 0.15) is 23.2 Å². The molecule has 0 aliphatic carbocycles. The summed E-state index contributed by atoms with van der Waals surface area (Å²) in [5.41, 5.74) is 4.00. The van der Waals surface area contributed by atoms with Crippen LogP contribution in [-0.4, -0.2) is 19.6 Å². The SMILES string of the molecule is NCCCNCCCC/C=C/c1ccc(C(F)(F)Oc2ccc(-c3ccc(-c4cc(F)c(F)c(F)c4)c(F)c3)c(F)c2)c(F)c1. The van der Waals surface area contributed by atoms with Gasteiger partial charge in [0.05, 0.1) is 5.56 Å². The van der Waals surface area contributed by atoms with E-state index in [1.807, 2.05) is 6.08 Å². The topological polar surface area (TPSA) is 47.3 Å². The summed E-state index contributed by atoms with van der Waals surface area (Å²) in [6.45, 7) is 2.35. The van der Waals surface area contributed by atoms with Crippen molar-refractivity contribution in [1.29, 1.82) is 0 Å². The molecule has 45 heavy (non-hydrogen) atoms. The molecule has 11 heteroatoms. The summed E-state index contributed by atoms with van der Waals surface area (Å²) in [7, 11) is 0. The number of rotatable bonds is 14. The van der Waals surface area contributed by atoms with E-state index in [1.54, 1.807) is 6.08 Å². The van der Waals surface area contributed by atoms with Crippen molar-refractivity contribution in [3.8, 4) is 28.0 Å². The molecule has 3 nitrogen and oxygen atoms in total. The molecule has 0 atom stereocenters. The summed E-state index contributed by atoms with van der Waals surface area (Å²) in [6.07, 6.45) is 2.79. The maximum Gasteiger partial charge on any atom is 0.429 e. The van der Waals surface area contributed by atoms with Gasteiger partial charge in [0.25, 0.3) is 0 Å². The molecule has 3 N–H and O–H groups in total. The largest absolute Gasteiger partial charge is 0.429 e. The van der Waals surface area contributed by atoms with Gasteiger partial charge < -0.3 is 15.8 Å². The zero-order chi connectivity index (χ0) is 32.6. The van der Waals surface area contributed by atoms with Gasteiger partial charge in [-0.15, -0.1) is 0 Å². The Hall–Kier alpha value is -4.22. The van der Waals surface area contributed by atoms with Gasteiger partial charge in [-0.05, 0) is 104 Å². The van der Waals surface area contributed by atoms with Crippen molar-refractivity contribution >= 4 is 6.08 Å². The van der Waals surface area contributed by atoms with Crippen LogP contribution >= 0.6 is 0 Å². The summed E-state index contributed by atoms with van der Waals surface area (Å²) in [4.78, 5) is 0. The highest BCUT2D eigenvalue weighted by atomic mass is 19.3. The number of nitrogens with one attached hydrogen (secondary N) is 1. The van der Waals surface area contributed by atoms with Crippen LogP contribution in [0.2, 0.25) is 0 Å². The number of nitrogens with two attached hydrogens (primary N) is 1. The standard InChI is InChI=1S/C34H30F8N2O/c35-28-17-22(8-10-26(28)23-18-31(38)33(40)32(39)19-23)25-11-9-24(20-29(25)36)45-34(41,42)27-12-7-21(16-30(27)37)6-3-1-2-4-14-44-15-5-13-43/h3,6-12,16-20,44H,1-2,4-5,13-15,43H2/b6-3+. The summed E-state index contributed by atoms with van der Waals surface area (Å²) in [5, 5.41) is 3.27. The highest BCUT2D eigenvalue weighted by molar-refractivity contribution is 5.72. The van der Waals surface area contributed by atoms with Crippen LogP contribution in [0, 0.1) is 34.9 Å². The van der Waals surface area contributed by atoms with E-state index < -0.39 is 52.3 Å². The Morgan fingerprint density at radius 2 is 1.31 bits per heavy atom. The second-order valence-corrected chi connectivity index (χ2v) is 10.2. The molecule has 4 rings (SSSR count). The van der Waals surface area contributed by atoms with Gasteiger partial charge in [-0.25, -0.2) is 26.3 Å². The van der Waals surface area contributed by atoms with E-state index in [-0.39, 0.29) is 22.3 Å². The Bertz CT molecular complexity index is 1630. The number of allylic oxidation sites excluding steroid dienone is 1. The quantitative estimate of drug-likeness (QED) is 0.0827. The number of hydrogen-bond donors (Lipinski definition) is 2. The van der Waals surface area contributed by atoms with Crippen molar-refractivity contribution in [2.45, 2.75) is 31.8 Å². The minimum absolute atomic E-state index is 0.0241. The molecule has 0 aromatic heterocycles. The van der Waals surface area contributed by atoms with Crippen LogP contribution in [0.15, 0.2) is 72.8 Å². The van der Waals surface area contributed by atoms with Crippen LogP contribution in [0.3, 0.4) is 0 Å². The first-order valence-electron chi connectivity index (χ1n) is 14.2. The molecule has 0 aliphatic rings. The van der Waals surface area contributed by atoms with Crippen LogP contribution in [0.25, 0.3) is 28.3 Å². The number of hydrogen-bond acceptors (Lipinski definition) is 3. The molecule has 0 saturated carbocycles. The molecule has 0 unspecified atom stereocenters. The lowest BCUT2D eigenvalue weighted by molar-refractivity contribution is -0.187. The lowest BCUT2D eigenvalue weighted by atomic mass is 9.99. The summed E-state index contributed by atoms with van der Waals surface area (Å²) >= 11 is 0. The fraction of sp³-hybridized carbons (Fsp3) is 0.235. The number of benzene rings is 4. The minimum atomic E-state index is -4.15. The molecule has 0 aliphatic heterocycles. The molecule has 0 bridgehead atoms. The molecule has 0 amide bonds. The van der Waals surface area contributed by atoms with Crippen LogP contribution in [-0.2, 0) is 6.11 Å². The van der Waals surface area contributed by atoms with E-state index in [0.29, 0.717) is 30.3 Å². The van der Waals surface area contributed by atoms with E-state index in [0.717, 1.165) is 75.2 Å². The first-order chi connectivity index (χ1) is 21.5. The smallest absolute Gasteiger partial charge is 0.429 e. The Kier molecular flexibility index (Phi) is 11.4. The van der Waals surface area contributed by atoms with Crippen LogP contribution < -0.4 is 15.8 Å². The third-order valence-electron chi connectivity index (χ3n) is 6.91. The van der Waals surface area contributed by atoms with Crippen molar-refractivity contribution in [2.24, 2.45) is 5.73 Å². The van der Waals surface area contributed by atoms with E-state index in [9.17, 15) is 35.1 Å². The zero-order valence-corrected chi connectivity index (χ0v) is 24.0. The van der Waals surface area contributed by atoms with Crippen LogP contribution in [0.1, 0.15) is 36.8 Å². The van der Waals surface area contributed by atoms with Gasteiger partial charge in [0, 0.05) is 17.2 Å². The van der Waals surface area contributed by atoms with E-state index >= 15 is 0 Å². The Balaban J connectivity index is 1.41. The molecular weight excluding hydrogens is 604 g/mol. The van der Waals surface area contributed by atoms with E-state index in [4.69, 9.17) is 5.73 Å². The second-order valence-electron chi connectivity index (χ2n) is 10.2. The normalized spacial score (nSPS) is 11.8. The molecule has 0 spiro atoms. The van der Waals surface area contributed by atoms with Gasteiger partial charge in [0.15, 0.2) is 17.5 Å². The maximum absolute atomic E-state index is 14.9. The summed E-state index contributed by atoms with van der Waals surface area (Å²) in [6, 6.07) is 10.3. The first-order valence-corrected chi connectivity index (χ1v) is 14.2. The third kappa shape index (κ3) is 8.70. The molecule has 238 valence electrons. The first kappa shape index (κ1) is 33.7. The number of unbranched alkanes of at least 4 members (excludes halogenated alkanes) is 2. The van der Waals surface area contributed by atoms with Crippen molar-refractivity contribution in [3.63, 3.8) is 0 Å². The molecule has 0 radical (unpaired) electrons. The predicted octanol–water partition coefficient (Wildman–Crippen LogP) is 9.11. The van der Waals surface area contributed by atoms with Crippen LogP contribution in [0.5, 0.6) is 5.75 Å². The average molecular weight is 635 g/mol. The van der Waals surface area contributed by atoms with Crippen molar-refractivity contribution in [2.75, 3.05) is 19.6 Å². The number of halogens is 8. The molecular formula is C34H30F8N2O. The van der Waals surface area contributed by atoms with Gasteiger partial charge in [-0.2, -0.15) is 8.78 Å². The maximum atomic E-state index is 14.9. The van der Waals surface area contributed by atoms with Gasteiger partial charge in [-0.1, -0.05) is 30.4 Å². The number of ether oxygens (including phenoxy) is 1. The molecule has 4 aromatic rings. The monoisotopic (exact) mass is 634 g/mol. The fourth-order valence-corrected chi connectivity index (χ4v) is 4.58. The van der Waals surface area contributed by atoms with Crippen molar-refractivity contribution in [3.05, 3.63) is 119 Å². The van der Waals surface area contributed by atoms with Gasteiger partial charge in [0.2, 0.25) is 0 Å². The molecule has 0 fully saturated rings. The molecule has 0 saturated heterocycles. The summed E-state index contributed by atoms with van der Waals surface area (Å²) in [5.74, 6) is -8.60. The Labute approximate surface area is 255 Å². The van der Waals surface area contributed by atoms with Crippen molar-refractivity contribution < 1.29 is 39.9 Å². The van der Waals surface area contributed by atoms with E-state index in [1.165, 1.54) is 12.1 Å². The average Bonchev–Trinajstić information content (AvgIpc) is 2.98. The van der Waals surface area contributed by atoms with Gasteiger partial charge in [-0.3, -0.25) is 0 Å². The Morgan fingerprint density at radius 3 is 1.98 bits per heavy atom. The third-order valence-corrected chi connectivity index (χ3v) is 6.91. The highest BCUT2D eigenvalue weighted by Crippen LogP contribution is 2.36. The highest BCUT2D eigenvalue weighted by Gasteiger charge is 2.38.